The maximum absolute atomic E-state index is 12.0. The Kier molecular flexibility index (Phi) is 4.49. The lowest BCUT2D eigenvalue weighted by molar-refractivity contribution is -0.149. The second-order valence-corrected chi connectivity index (χ2v) is 4.86. The molecule has 0 spiro atoms. The van der Waals surface area contributed by atoms with Crippen LogP contribution in [0, 0.1) is 0 Å². The first-order valence-corrected chi connectivity index (χ1v) is 6.71. The summed E-state index contributed by atoms with van der Waals surface area (Å²) in [5.41, 5.74) is 2.27. The van der Waals surface area contributed by atoms with E-state index in [2.05, 4.69) is 0 Å². The van der Waals surface area contributed by atoms with Crippen molar-refractivity contribution in [1.29, 1.82) is 0 Å². The van der Waals surface area contributed by atoms with Crippen molar-refractivity contribution in [3.63, 3.8) is 0 Å². The minimum Gasteiger partial charge on any atom is -0.493 e. The van der Waals surface area contributed by atoms with Gasteiger partial charge in [0.15, 0.2) is 11.5 Å². The highest BCUT2D eigenvalue weighted by molar-refractivity contribution is 5.76. The number of carbonyl (C=O) groups is 1. The van der Waals surface area contributed by atoms with E-state index < -0.39 is 0 Å². The van der Waals surface area contributed by atoms with E-state index in [0.717, 1.165) is 11.1 Å². The quantitative estimate of drug-likeness (QED) is 0.784. The van der Waals surface area contributed by atoms with Crippen molar-refractivity contribution in [2.75, 3.05) is 27.9 Å². The zero-order chi connectivity index (χ0) is 14.7. The number of carbonyl (C=O) groups excluding carboxylic acids is 1. The minimum atomic E-state index is -0.236. The molecule has 1 atom stereocenters. The summed E-state index contributed by atoms with van der Waals surface area (Å²) >= 11 is 0. The third-order valence-corrected chi connectivity index (χ3v) is 3.63. The Balaban J connectivity index is 2.30. The molecule has 1 heterocycles. The molecule has 20 heavy (non-hydrogen) atoms. The summed E-state index contributed by atoms with van der Waals surface area (Å²) in [7, 11) is 5.17. The number of methoxy groups -OCH3 is 2. The van der Waals surface area contributed by atoms with E-state index in [1.807, 2.05) is 31.0 Å². The Morgan fingerprint density at radius 2 is 1.85 bits per heavy atom. The number of nitrogens with zero attached hydrogens (tertiary/aromatic N) is 1. The highest BCUT2D eigenvalue weighted by atomic mass is 16.5. The van der Waals surface area contributed by atoms with Gasteiger partial charge in [-0.25, -0.2) is 0 Å². The number of rotatable bonds is 4. The summed E-state index contributed by atoms with van der Waals surface area (Å²) < 4.78 is 15.8. The van der Waals surface area contributed by atoms with Gasteiger partial charge in [0.1, 0.15) is 6.04 Å². The van der Waals surface area contributed by atoms with Crippen LogP contribution in [0.4, 0.5) is 0 Å². The van der Waals surface area contributed by atoms with Crippen molar-refractivity contribution in [3.05, 3.63) is 23.3 Å². The lowest BCUT2D eigenvalue weighted by Crippen LogP contribution is -2.44. The zero-order valence-corrected chi connectivity index (χ0v) is 12.4. The third-order valence-electron chi connectivity index (χ3n) is 3.63. The predicted octanol–water partition coefficient (Wildman–Crippen LogP) is 1.62. The molecule has 1 aromatic carbocycles. The molecular formula is C15H21NO4. The van der Waals surface area contributed by atoms with E-state index in [1.54, 1.807) is 14.2 Å². The standard InChI is InChI=1S/C15H21NO4/c1-5-20-15(17)12-6-10-7-13(18-3)14(19-4)8-11(10)9-16(12)2/h7-8,12H,5-6,9H2,1-4H3. The highest BCUT2D eigenvalue weighted by Gasteiger charge is 2.31. The smallest absolute Gasteiger partial charge is 0.323 e. The number of fused-ring (bicyclic) bond motifs is 1. The summed E-state index contributed by atoms with van der Waals surface area (Å²) in [4.78, 5) is 14.0. The van der Waals surface area contributed by atoms with E-state index in [0.29, 0.717) is 31.1 Å². The van der Waals surface area contributed by atoms with Gasteiger partial charge in [-0.2, -0.15) is 0 Å². The molecule has 5 heteroatoms. The molecule has 110 valence electrons. The molecule has 0 amide bonds. The largest absolute Gasteiger partial charge is 0.493 e. The molecule has 2 rings (SSSR count). The van der Waals surface area contributed by atoms with Gasteiger partial charge in [-0.15, -0.1) is 0 Å². The zero-order valence-electron chi connectivity index (χ0n) is 12.4. The molecule has 0 radical (unpaired) electrons. The summed E-state index contributed by atoms with van der Waals surface area (Å²) in [5, 5.41) is 0. The van der Waals surface area contributed by atoms with Gasteiger partial charge in [-0.1, -0.05) is 0 Å². The third kappa shape index (κ3) is 2.72. The van der Waals surface area contributed by atoms with Crippen LogP contribution in [-0.4, -0.2) is 44.8 Å². The average Bonchev–Trinajstić information content (AvgIpc) is 2.45. The van der Waals surface area contributed by atoms with Crippen LogP contribution >= 0.6 is 0 Å². The van der Waals surface area contributed by atoms with Crippen molar-refractivity contribution in [1.82, 2.24) is 4.90 Å². The molecule has 1 aliphatic heterocycles. The second-order valence-electron chi connectivity index (χ2n) is 4.86. The van der Waals surface area contributed by atoms with Crippen LogP contribution in [0.25, 0.3) is 0 Å². The number of ether oxygens (including phenoxy) is 3. The van der Waals surface area contributed by atoms with Crippen molar-refractivity contribution < 1.29 is 19.0 Å². The lowest BCUT2D eigenvalue weighted by Gasteiger charge is -2.32. The number of hydrogen-bond donors (Lipinski definition) is 0. The highest BCUT2D eigenvalue weighted by Crippen LogP contribution is 2.34. The SMILES string of the molecule is CCOC(=O)C1Cc2cc(OC)c(OC)cc2CN1C. The number of hydrogen-bond acceptors (Lipinski definition) is 5. The van der Waals surface area contributed by atoms with Gasteiger partial charge in [-0.05, 0) is 43.7 Å². The Hall–Kier alpha value is -1.75. The number of esters is 1. The van der Waals surface area contributed by atoms with Gasteiger partial charge in [0.2, 0.25) is 0 Å². The Bertz CT molecular complexity index is 501. The van der Waals surface area contributed by atoms with E-state index in [9.17, 15) is 4.79 Å². The fourth-order valence-electron chi connectivity index (χ4n) is 2.55. The second kappa shape index (κ2) is 6.13. The van der Waals surface area contributed by atoms with E-state index in [1.165, 1.54) is 0 Å². The first kappa shape index (κ1) is 14.7. The topological polar surface area (TPSA) is 48.0 Å². The monoisotopic (exact) mass is 279 g/mol. The number of benzene rings is 1. The minimum absolute atomic E-state index is 0.171. The number of likely N-dealkylation sites (N-methyl/N-ethyl adjacent to an activating group) is 1. The molecule has 1 aliphatic rings. The molecule has 0 saturated heterocycles. The molecular weight excluding hydrogens is 258 g/mol. The molecule has 0 bridgehead atoms. The molecule has 1 unspecified atom stereocenters. The fourth-order valence-corrected chi connectivity index (χ4v) is 2.55. The summed E-state index contributed by atoms with van der Waals surface area (Å²) in [5.74, 6) is 1.24. The summed E-state index contributed by atoms with van der Waals surface area (Å²) in [6, 6.07) is 3.69. The van der Waals surface area contributed by atoms with Crippen LogP contribution in [0.3, 0.4) is 0 Å². The molecule has 0 saturated carbocycles. The Labute approximate surface area is 119 Å². The van der Waals surface area contributed by atoms with Crippen molar-refractivity contribution in [3.8, 4) is 11.5 Å². The molecule has 1 aromatic rings. The van der Waals surface area contributed by atoms with Crippen LogP contribution < -0.4 is 9.47 Å². The first-order valence-electron chi connectivity index (χ1n) is 6.71. The van der Waals surface area contributed by atoms with Crippen LogP contribution in [0.1, 0.15) is 18.1 Å². The van der Waals surface area contributed by atoms with E-state index >= 15 is 0 Å². The van der Waals surface area contributed by atoms with Crippen molar-refractivity contribution in [2.24, 2.45) is 0 Å². The van der Waals surface area contributed by atoms with E-state index in [-0.39, 0.29) is 12.0 Å². The lowest BCUT2D eigenvalue weighted by atomic mass is 9.93. The first-order chi connectivity index (χ1) is 9.60. The van der Waals surface area contributed by atoms with Gasteiger partial charge in [0, 0.05) is 6.54 Å². The summed E-state index contributed by atoms with van der Waals surface area (Å²) in [6.07, 6.45) is 0.630. The van der Waals surface area contributed by atoms with Crippen LogP contribution in [0.5, 0.6) is 11.5 Å². The van der Waals surface area contributed by atoms with Gasteiger partial charge in [0.05, 0.1) is 20.8 Å². The van der Waals surface area contributed by atoms with Crippen LogP contribution in [-0.2, 0) is 22.5 Å². The predicted molar refractivity (Wildman–Crippen MR) is 75.1 cm³/mol. The summed E-state index contributed by atoms with van der Waals surface area (Å²) in [6.45, 7) is 2.92. The van der Waals surface area contributed by atoms with Gasteiger partial charge in [-0.3, -0.25) is 9.69 Å². The molecule has 0 aliphatic carbocycles. The molecule has 0 fully saturated rings. The van der Waals surface area contributed by atoms with Crippen LogP contribution in [0.15, 0.2) is 12.1 Å². The molecule has 0 aromatic heterocycles. The normalized spacial score (nSPS) is 18.3. The fraction of sp³-hybridized carbons (Fsp3) is 0.533. The van der Waals surface area contributed by atoms with Gasteiger partial charge in [0.25, 0.3) is 0 Å². The maximum atomic E-state index is 12.0. The van der Waals surface area contributed by atoms with Crippen LogP contribution in [0.2, 0.25) is 0 Å². The maximum Gasteiger partial charge on any atom is 0.323 e. The van der Waals surface area contributed by atoms with Crippen molar-refractivity contribution >= 4 is 5.97 Å². The molecule has 5 nitrogen and oxygen atoms in total. The Morgan fingerprint density at radius 1 is 1.25 bits per heavy atom. The molecule has 0 N–H and O–H groups in total. The van der Waals surface area contributed by atoms with Gasteiger partial charge >= 0.3 is 5.97 Å². The van der Waals surface area contributed by atoms with Crippen molar-refractivity contribution in [2.45, 2.75) is 25.9 Å². The van der Waals surface area contributed by atoms with E-state index in [4.69, 9.17) is 14.2 Å². The Morgan fingerprint density at radius 3 is 2.40 bits per heavy atom. The average molecular weight is 279 g/mol. The van der Waals surface area contributed by atoms with Gasteiger partial charge < -0.3 is 14.2 Å².